The van der Waals surface area contributed by atoms with E-state index < -0.39 is 11.6 Å². The summed E-state index contributed by atoms with van der Waals surface area (Å²) in [4.78, 5) is 6.75. The Hall–Kier alpha value is -1.20. The largest absolute Gasteiger partial charge is 0.367 e. The van der Waals surface area contributed by atoms with Crippen LogP contribution in [0, 0.1) is 11.6 Å². The predicted molar refractivity (Wildman–Crippen MR) is 82.8 cm³/mol. The van der Waals surface area contributed by atoms with Crippen LogP contribution in [-0.2, 0) is 0 Å². The molecule has 0 aliphatic carbocycles. The number of halogens is 2. The smallest absolute Gasteiger partial charge is 0.149 e. The third kappa shape index (κ3) is 4.64. The number of rotatable bonds is 6. The van der Waals surface area contributed by atoms with E-state index in [-0.39, 0.29) is 0 Å². The van der Waals surface area contributed by atoms with Crippen molar-refractivity contribution in [1.29, 1.82) is 0 Å². The number of anilines is 1. The second-order valence-electron chi connectivity index (χ2n) is 5.73. The Morgan fingerprint density at radius 2 is 1.81 bits per heavy atom. The quantitative estimate of drug-likeness (QED) is 0.798. The molecule has 1 aromatic carbocycles. The van der Waals surface area contributed by atoms with E-state index >= 15 is 0 Å². The van der Waals surface area contributed by atoms with Gasteiger partial charge in [0.25, 0.3) is 0 Å². The molecule has 1 heterocycles. The van der Waals surface area contributed by atoms with Crippen LogP contribution in [0.1, 0.15) is 13.3 Å². The van der Waals surface area contributed by atoms with Crippen molar-refractivity contribution in [3.63, 3.8) is 0 Å². The minimum atomic E-state index is -0.520. The van der Waals surface area contributed by atoms with Gasteiger partial charge in [0.2, 0.25) is 0 Å². The highest BCUT2D eigenvalue weighted by Crippen LogP contribution is 2.21. The molecule has 118 valence electrons. The van der Waals surface area contributed by atoms with E-state index in [9.17, 15) is 8.78 Å². The summed E-state index contributed by atoms with van der Waals surface area (Å²) in [6, 6.07) is 3.82. The molecule has 1 fully saturated rings. The molecular formula is C16H25F2N3. The van der Waals surface area contributed by atoms with E-state index in [4.69, 9.17) is 0 Å². The summed E-state index contributed by atoms with van der Waals surface area (Å²) >= 11 is 0. The Bertz CT molecular complexity index is 445. The van der Waals surface area contributed by atoms with E-state index in [0.717, 1.165) is 51.9 Å². The van der Waals surface area contributed by atoms with Crippen LogP contribution in [0.5, 0.6) is 0 Å². The first kappa shape index (κ1) is 16.2. The summed E-state index contributed by atoms with van der Waals surface area (Å²) in [5.41, 5.74) is 0.513. The van der Waals surface area contributed by atoms with Gasteiger partial charge in [0.1, 0.15) is 11.6 Å². The first-order valence-corrected chi connectivity index (χ1v) is 7.71. The molecular weight excluding hydrogens is 272 g/mol. The Kier molecular flexibility index (Phi) is 5.94. The molecule has 1 saturated heterocycles. The predicted octanol–water partition coefficient (Wildman–Crippen LogP) is 2.43. The molecule has 0 aromatic heterocycles. The maximum absolute atomic E-state index is 13.8. The van der Waals surface area contributed by atoms with Gasteiger partial charge in [-0.15, -0.1) is 0 Å². The van der Waals surface area contributed by atoms with Crippen molar-refractivity contribution in [3.8, 4) is 0 Å². The van der Waals surface area contributed by atoms with Crippen molar-refractivity contribution in [1.82, 2.24) is 9.80 Å². The van der Waals surface area contributed by atoms with Gasteiger partial charge in [-0.2, -0.15) is 0 Å². The highest BCUT2D eigenvalue weighted by Gasteiger charge is 2.19. The van der Waals surface area contributed by atoms with Gasteiger partial charge in [-0.1, -0.05) is 6.92 Å². The van der Waals surface area contributed by atoms with Gasteiger partial charge >= 0.3 is 0 Å². The Morgan fingerprint density at radius 3 is 2.43 bits per heavy atom. The van der Waals surface area contributed by atoms with Gasteiger partial charge in [0.15, 0.2) is 0 Å². The van der Waals surface area contributed by atoms with Crippen LogP contribution in [0.4, 0.5) is 14.5 Å². The number of nitrogens with zero attached hydrogens (tertiary/aromatic N) is 3. The summed E-state index contributed by atoms with van der Waals surface area (Å²) < 4.78 is 26.7. The van der Waals surface area contributed by atoms with E-state index in [1.807, 2.05) is 4.90 Å². The second kappa shape index (κ2) is 7.71. The molecule has 0 saturated carbocycles. The summed E-state index contributed by atoms with van der Waals surface area (Å²) in [6.07, 6.45) is 1.17. The average Bonchev–Trinajstić information content (AvgIpc) is 2.46. The van der Waals surface area contributed by atoms with Gasteiger partial charge < -0.3 is 9.80 Å². The molecule has 0 unspecified atom stereocenters. The van der Waals surface area contributed by atoms with Crippen LogP contribution in [-0.4, -0.2) is 62.7 Å². The molecule has 1 aromatic rings. The van der Waals surface area contributed by atoms with Crippen LogP contribution in [0.2, 0.25) is 0 Å². The van der Waals surface area contributed by atoms with Crippen LogP contribution in [0.25, 0.3) is 0 Å². The number of hydrogen-bond donors (Lipinski definition) is 0. The Balaban J connectivity index is 1.80. The highest BCUT2D eigenvalue weighted by molar-refractivity contribution is 5.48. The molecule has 0 bridgehead atoms. The van der Waals surface area contributed by atoms with Crippen LogP contribution in [0.3, 0.4) is 0 Å². The van der Waals surface area contributed by atoms with E-state index in [1.165, 1.54) is 18.6 Å². The van der Waals surface area contributed by atoms with Crippen molar-refractivity contribution >= 4 is 5.69 Å². The van der Waals surface area contributed by atoms with Crippen molar-refractivity contribution in [2.24, 2.45) is 0 Å². The molecule has 21 heavy (non-hydrogen) atoms. The highest BCUT2D eigenvalue weighted by atomic mass is 19.1. The fourth-order valence-electron chi connectivity index (χ4n) is 2.76. The lowest BCUT2D eigenvalue weighted by Gasteiger charge is -2.36. The maximum atomic E-state index is 13.8. The summed E-state index contributed by atoms with van der Waals surface area (Å²) in [6.45, 7) is 8.87. The lowest BCUT2D eigenvalue weighted by atomic mass is 10.2. The van der Waals surface area contributed by atoms with Crippen molar-refractivity contribution in [3.05, 3.63) is 29.8 Å². The minimum absolute atomic E-state index is 0.467. The second-order valence-corrected chi connectivity index (χ2v) is 5.73. The van der Waals surface area contributed by atoms with Gasteiger partial charge in [-0.25, -0.2) is 8.78 Å². The molecule has 0 N–H and O–H groups in total. The van der Waals surface area contributed by atoms with Gasteiger partial charge in [0.05, 0.1) is 5.69 Å². The Labute approximate surface area is 126 Å². The topological polar surface area (TPSA) is 9.72 Å². The number of likely N-dealkylation sites (N-methyl/N-ethyl adjacent to an activating group) is 1. The number of benzene rings is 1. The van der Waals surface area contributed by atoms with E-state index in [0.29, 0.717) is 5.69 Å². The molecule has 0 spiro atoms. The fraction of sp³-hybridized carbons (Fsp3) is 0.625. The van der Waals surface area contributed by atoms with Crippen LogP contribution in [0.15, 0.2) is 18.2 Å². The zero-order chi connectivity index (χ0) is 15.2. The molecule has 0 atom stereocenters. The summed E-state index contributed by atoms with van der Waals surface area (Å²) in [5, 5.41) is 0. The monoisotopic (exact) mass is 297 g/mol. The number of piperazine rings is 1. The van der Waals surface area contributed by atoms with Crippen molar-refractivity contribution in [2.45, 2.75) is 13.3 Å². The summed E-state index contributed by atoms with van der Waals surface area (Å²) in [7, 11) is 2.15. The third-order valence-electron chi connectivity index (χ3n) is 4.03. The normalized spacial score (nSPS) is 16.7. The minimum Gasteiger partial charge on any atom is -0.367 e. The SMILES string of the molecule is CCCN(C)CCN1CCN(c2ccc(F)cc2F)CC1. The first-order chi connectivity index (χ1) is 10.1. The maximum Gasteiger partial charge on any atom is 0.149 e. The molecule has 3 nitrogen and oxygen atoms in total. The van der Waals surface area contributed by atoms with Crippen molar-refractivity contribution in [2.75, 3.05) is 57.8 Å². The molecule has 2 rings (SSSR count). The zero-order valence-electron chi connectivity index (χ0n) is 13.0. The zero-order valence-corrected chi connectivity index (χ0v) is 13.0. The van der Waals surface area contributed by atoms with E-state index in [2.05, 4.69) is 23.8 Å². The third-order valence-corrected chi connectivity index (χ3v) is 4.03. The van der Waals surface area contributed by atoms with Gasteiger partial charge in [-0.3, -0.25) is 4.90 Å². The lowest BCUT2D eigenvalue weighted by molar-refractivity contribution is 0.215. The molecule has 5 heteroatoms. The van der Waals surface area contributed by atoms with Crippen LogP contribution < -0.4 is 4.90 Å². The molecule has 1 aliphatic heterocycles. The molecule has 1 aliphatic rings. The van der Waals surface area contributed by atoms with Crippen molar-refractivity contribution < 1.29 is 8.78 Å². The molecule has 0 radical (unpaired) electrons. The average molecular weight is 297 g/mol. The summed E-state index contributed by atoms with van der Waals surface area (Å²) in [5.74, 6) is -0.986. The Morgan fingerprint density at radius 1 is 1.10 bits per heavy atom. The van der Waals surface area contributed by atoms with Crippen LogP contribution >= 0.6 is 0 Å². The fourth-order valence-corrected chi connectivity index (χ4v) is 2.76. The van der Waals surface area contributed by atoms with Gasteiger partial charge in [0, 0.05) is 45.3 Å². The first-order valence-electron chi connectivity index (χ1n) is 7.71. The van der Waals surface area contributed by atoms with Gasteiger partial charge in [-0.05, 0) is 32.1 Å². The lowest BCUT2D eigenvalue weighted by Crippen LogP contribution is -2.48. The molecule has 0 amide bonds. The number of hydrogen-bond acceptors (Lipinski definition) is 3. The standard InChI is InChI=1S/C16H25F2N3/c1-3-6-19(2)7-8-20-9-11-21(12-10-20)16-5-4-14(17)13-15(16)18/h4-5,13H,3,6-12H2,1-2H3. The van der Waals surface area contributed by atoms with E-state index in [1.54, 1.807) is 0 Å².